The van der Waals surface area contributed by atoms with E-state index < -0.39 is 10.0 Å². The van der Waals surface area contributed by atoms with Gasteiger partial charge in [0.1, 0.15) is 10.6 Å². The van der Waals surface area contributed by atoms with Crippen LogP contribution in [0.5, 0.6) is 5.75 Å². The Morgan fingerprint density at radius 1 is 1.35 bits per heavy atom. The van der Waals surface area contributed by atoms with Gasteiger partial charge in [-0.3, -0.25) is 9.71 Å². The highest BCUT2D eigenvalue weighted by molar-refractivity contribution is 7.92. The van der Waals surface area contributed by atoms with Gasteiger partial charge in [-0.25, -0.2) is 8.42 Å². The van der Waals surface area contributed by atoms with Crippen LogP contribution in [0, 0.1) is 0 Å². The summed E-state index contributed by atoms with van der Waals surface area (Å²) >= 11 is 5.88. The van der Waals surface area contributed by atoms with Gasteiger partial charge in [-0.2, -0.15) is 0 Å². The summed E-state index contributed by atoms with van der Waals surface area (Å²) < 4.78 is 31.8. The Labute approximate surface area is 121 Å². The third-order valence-corrected chi connectivity index (χ3v) is 4.25. The number of nitrogens with two attached hydrogens (primary N) is 1. The van der Waals surface area contributed by atoms with Gasteiger partial charge in [0, 0.05) is 18.5 Å². The average Bonchev–Trinajstić information content (AvgIpc) is 2.41. The zero-order valence-corrected chi connectivity index (χ0v) is 12.1. The fourth-order valence-electron chi connectivity index (χ4n) is 1.55. The first-order valence-electron chi connectivity index (χ1n) is 5.50. The molecule has 0 bridgehead atoms. The molecule has 0 spiro atoms. The molecule has 0 fully saturated rings. The molecule has 6 nitrogen and oxygen atoms in total. The fourth-order valence-corrected chi connectivity index (χ4v) is 2.87. The van der Waals surface area contributed by atoms with Gasteiger partial charge in [0.05, 0.1) is 23.5 Å². The highest BCUT2D eigenvalue weighted by Crippen LogP contribution is 2.29. The van der Waals surface area contributed by atoms with E-state index >= 15 is 0 Å². The number of ether oxygens (including phenoxy) is 1. The van der Waals surface area contributed by atoms with Gasteiger partial charge in [0.25, 0.3) is 10.0 Å². The Hall–Kier alpha value is -1.99. The highest BCUT2D eigenvalue weighted by atomic mass is 35.5. The molecule has 8 heteroatoms. The lowest BCUT2D eigenvalue weighted by Crippen LogP contribution is -2.15. The predicted octanol–water partition coefficient (Wildman–Crippen LogP) is 2.13. The van der Waals surface area contributed by atoms with Crippen LogP contribution >= 0.6 is 11.6 Å². The van der Waals surface area contributed by atoms with Gasteiger partial charge >= 0.3 is 0 Å². The Morgan fingerprint density at radius 3 is 2.75 bits per heavy atom. The van der Waals surface area contributed by atoms with Crippen molar-refractivity contribution in [3.63, 3.8) is 0 Å². The minimum atomic E-state index is -3.82. The van der Waals surface area contributed by atoms with Crippen molar-refractivity contribution >= 4 is 33.0 Å². The van der Waals surface area contributed by atoms with Gasteiger partial charge in [-0.1, -0.05) is 11.6 Å². The second-order valence-corrected chi connectivity index (χ2v) is 5.93. The smallest absolute Gasteiger partial charge is 0.265 e. The van der Waals surface area contributed by atoms with Crippen LogP contribution in [-0.2, 0) is 10.0 Å². The molecule has 2 aromatic rings. The van der Waals surface area contributed by atoms with Crippen LogP contribution in [0.25, 0.3) is 0 Å². The molecule has 0 radical (unpaired) electrons. The molecule has 0 amide bonds. The maximum Gasteiger partial charge on any atom is 0.265 e. The third kappa shape index (κ3) is 2.94. The van der Waals surface area contributed by atoms with Crippen LogP contribution in [0.2, 0.25) is 5.02 Å². The van der Waals surface area contributed by atoms with Gasteiger partial charge < -0.3 is 10.5 Å². The topological polar surface area (TPSA) is 94.3 Å². The van der Waals surface area contributed by atoms with Crippen molar-refractivity contribution in [2.45, 2.75) is 4.90 Å². The normalized spacial score (nSPS) is 11.1. The molecule has 0 aliphatic heterocycles. The zero-order chi connectivity index (χ0) is 14.8. The number of nitrogen functional groups attached to an aromatic ring is 1. The Balaban J connectivity index is 2.36. The van der Waals surface area contributed by atoms with Gasteiger partial charge in [-0.05, 0) is 18.2 Å². The van der Waals surface area contributed by atoms with E-state index in [0.29, 0.717) is 16.5 Å². The second-order valence-electron chi connectivity index (χ2n) is 3.87. The van der Waals surface area contributed by atoms with Crippen molar-refractivity contribution < 1.29 is 13.2 Å². The van der Waals surface area contributed by atoms with Crippen molar-refractivity contribution in [2.75, 3.05) is 17.6 Å². The molecule has 0 saturated carbocycles. The van der Waals surface area contributed by atoms with Crippen molar-refractivity contribution in [3.05, 3.63) is 41.7 Å². The largest absolute Gasteiger partial charge is 0.495 e. The van der Waals surface area contributed by atoms with E-state index in [4.69, 9.17) is 22.1 Å². The maximum atomic E-state index is 12.2. The predicted molar refractivity (Wildman–Crippen MR) is 77.5 cm³/mol. The lowest BCUT2D eigenvalue weighted by atomic mass is 10.3. The number of pyridine rings is 1. The SMILES string of the molecule is COc1cc(NS(=O)(=O)c2cnccc2N)ccc1Cl. The number of nitrogens with one attached hydrogen (secondary N) is 1. The Kier molecular flexibility index (Phi) is 4.01. The third-order valence-electron chi connectivity index (χ3n) is 2.51. The molecule has 1 heterocycles. The average molecular weight is 314 g/mol. The fraction of sp³-hybridized carbons (Fsp3) is 0.0833. The molecule has 0 unspecified atom stereocenters. The number of rotatable bonds is 4. The van der Waals surface area contributed by atoms with Crippen molar-refractivity contribution in [1.82, 2.24) is 4.98 Å². The summed E-state index contributed by atoms with van der Waals surface area (Å²) in [7, 11) is -2.37. The molecule has 2 rings (SSSR count). The molecule has 106 valence electrons. The number of methoxy groups -OCH3 is 1. The van der Waals surface area contributed by atoms with E-state index in [9.17, 15) is 8.42 Å². The van der Waals surface area contributed by atoms with Crippen LogP contribution in [0.4, 0.5) is 11.4 Å². The van der Waals surface area contributed by atoms with E-state index in [1.54, 1.807) is 0 Å². The van der Waals surface area contributed by atoms with E-state index in [-0.39, 0.29) is 10.6 Å². The molecule has 1 aromatic carbocycles. The molecule has 0 aliphatic rings. The molecule has 0 atom stereocenters. The minimum Gasteiger partial charge on any atom is -0.495 e. The molecular formula is C12H12ClN3O3S. The van der Waals surface area contributed by atoms with Gasteiger partial charge in [0.15, 0.2) is 0 Å². The Morgan fingerprint density at radius 2 is 2.10 bits per heavy atom. The summed E-state index contributed by atoms with van der Waals surface area (Å²) in [4.78, 5) is 3.67. The van der Waals surface area contributed by atoms with Crippen molar-refractivity contribution in [2.24, 2.45) is 0 Å². The summed E-state index contributed by atoms with van der Waals surface area (Å²) in [6.07, 6.45) is 2.60. The van der Waals surface area contributed by atoms with Crippen LogP contribution in [-0.4, -0.2) is 20.5 Å². The van der Waals surface area contributed by atoms with Crippen LogP contribution in [0.3, 0.4) is 0 Å². The lowest BCUT2D eigenvalue weighted by Gasteiger charge is -2.11. The maximum absolute atomic E-state index is 12.2. The van der Waals surface area contributed by atoms with E-state index in [1.165, 1.54) is 43.8 Å². The van der Waals surface area contributed by atoms with E-state index in [1.807, 2.05) is 0 Å². The standard InChI is InChI=1S/C12H12ClN3O3S/c1-19-11-6-8(2-3-9(11)13)16-20(17,18)12-7-15-5-4-10(12)14/h2-7,16H,1H3,(H2,14,15). The number of halogens is 1. The monoisotopic (exact) mass is 313 g/mol. The molecule has 0 saturated heterocycles. The first-order chi connectivity index (χ1) is 9.44. The number of hydrogen-bond donors (Lipinski definition) is 2. The minimum absolute atomic E-state index is 0.0890. The number of hydrogen-bond acceptors (Lipinski definition) is 5. The number of aromatic nitrogens is 1. The zero-order valence-electron chi connectivity index (χ0n) is 10.5. The summed E-state index contributed by atoms with van der Waals surface area (Å²) in [6, 6.07) is 5.95. The second kappa shape index (κ2) is 5.56. The first kappa shape index (κ1) is 14.4. The number of sulfonamides is 1. The van der Waals surface area contributed by atoms with Crippen molar-refractivity contribution in [1.29, 1.82) is 0 Å². The Bertz CT molecular complexity index is 734. The lowest BCUT2D eigenvalue weighted by molar-refractivity contribution is 0.415. The highest BCUT2D eigenvalue weighted by Gasteiger charge is 2.18. The molecule has 1 aromatic heterocycles. The quantitative estimate of drug-likeness (QED) is 0.901. The van der Waals surface area contributed by atoms with E-state index in [0.717, 1.165) is 0 Å². The molecule has 20 heavy (non-hydrogen) atoms. The summed E-state index contributed by atoms with van der Waals surface area (Å²) in [6.45, 7) is 0. The summed E-state index contributed by atoms with van der Waals surface area (Å²) in [5.74, 6) is 0.367. The summed E-state index contributed by atoms with van der Waals surface area (Å²) in [5, 5.41) is 0.385. The summed E-state index contributed by atoms with van der Waals surface area (Å²) in [5.41, 5.74) is 6.07. The first-order valence-corrected chi connectivity index (χ1v) is 7.36. The van der Waals surface area contributed by atoms with Gasteiger partial charge in [-0.15, -0.1) is 0 Å². The molecule has 3 N–H and O–H groups in total. The van der Waals surface area contributed by atoms with Gasteiger partial charge in [0.2, 0.25) is 0 Å². The van der Waals surface area contributed by atoms with Crippen LogP contribution in [0.15, 0.2) is 41.6 Å². The molecular weight excluding hydrogens is 302 g/mol. The molecule has 0 aliphatic carbocycles. The van der Waals surface area contributed by atoms with Crippen LogP contribution in [0.1, 0.15) is 0 Å². The van der Waals surface area contributed by atoms with E-state index in [2.05, 4.69) is 9.71 Å². The van der Waals surface area contributed by atoms with Crippen LogP contribution < -0.4 is 15.2 Å². The number of benzene rings is 1. The number of nitrogens with zero attached hydrogens (tertiary/aromatic N) is 1. The van der Waals surface area contributed by atoms with Crippen molar-refractivity contribution in [3.8, 4) is 5.75 Å². The number of anilines is 2.